The van der Waals surface area contributed by atoms with Gasteiger partial charge in [0, 0.05) is 11.6 Å². The first kappa shape index (κ1) is 18.6. The average Bonchev–Trinajstić information content (AvgIpc) is 3.04. The van der Waals surface area contributed by atoms with Crippen molar-refractivity contribution in [2.75, 3.05) is 0 Å². The van der Waals surface area contributed by atoms with Crippen LogP contribution in [0.3, 0.4) is 0 Å². The first-order valence-electron chi connectivity index (χ1n) is 9.45. The van der Waals surface area contributed by atoms with Gasteiger partial charge in [-0.05, 0) is 62.2 Å². The lowest BCUT2D eigenvalue weighted by Crippen LogP contribution is -2.13. The Morgan fingerprint density at radius 1 is 1.00 bits per heavy atom. The van der Waals surface area contributed by atoms with E-state index in [1.54, 1.807) is 0 Å². The third-order valence-electron chi connectivity index (χ3n) is 4.91. The Morgan fingerprint density at radius 2 is 1.82 bits per heavy atom. The van der Waals surface area contributed by atoms with E-state index in [9.17, 15) is 0 Å². The van der Waals surface area contributed by atoms with Gasteiger partial charge < -0.3 is 9.30 Å². The van der Waals surface area contributed by atoms with E-state index >= 15 is 0 Å². The molecule has 0 amide bonds. The number of imidazole rings is 1. The SMILES string of the molecule is Cc1cccc(Cn2c(C(C)Oc3ccc(Cl)c(C)c3)nc3ccccc32)c1. The van der Waals surface area contributed by atoms with Crippen molar-refractivity contribution in [3.63, 3.8) is 0 Å². The predicted octanol–water partition coefficient (Wildman–Crippen LogP) is 6.49. The minimum absolute atomic E-state index is 0.196. The monoisotopic (exact) mass is 390 g/mol. The fourth-order valence-corrected chi connectivity index (χ4v) is 3.63. The molecular weight excluding hydrogens is 368 g/mol. The lowest BCUT2D eigenvalue weighted by Gasteiger charge is -2.17. The molecule has 1 aromatic heterocycles. The topological polar surface area (TPSA) is 27.1 Å². The average molecular weight is 391 g/mol. The Hall–Kier alpha value is -2.78. The van der Waals surface area contributed by atoms with Gasteiger partial charge in [-0.25, -0.2) is 4.98 Å². The van der Waals surface area contributed by atoms with Gasteiger partial charge in [0.2, 0.25) is 0 Å². The molecule has 0 aliphatic rings. The van der Waals surface area contributed by atoms with Crippen molar-refractivity contribution < 1.29 is 4.74 Å². The van der Waals surface area contributed by atoms with Crippen molar-refractivity contribution in [3.05, 3.63) is 94.3 Å². The van der Waals surface area contributed by atoms with Gasteiger partial charge in [-0.1, -0.05) is 53.6 Å². The molecule has 0 radical (unpaired) electrons. The molecule has 0 fully saturated rings. The summed E-state index contributed by atoms with van der Waals surface area (Å²) < 4.78 is 8.47. The van der Waals surface area contributed by atoms with E-state index in [-0.39, 0.29) is 6.10 Å². The molecule has 4 aromatic rings. The van der Waals surface area contributed by atoms with Gasteiger partial charge in [0.25, 0.3) is 0 Å². The smallest absolute Gasteiger partial charge is 0.153 e. The quantitative estimate of drug-likeness (QED) is 0.389. The minimum Gasteiger partial charge on any atom is -0.483 e. The first-order valence-corrected chi connectivity index (χ1v) is 9.82. The number of aromatic nitrogens is 2. The molecule has 0 saturated carbocycles. The maximum Gasteiger partial charge on any atom is 0.153 e. The van der Waals surface area contributed by atoms with Crippen molar-refractivity contribution in [1.29, 1.82) is 0 Å². The zero-order valence-corrected chi connectivity index (χ0v) is 17.1. The van der Waals surface area contributed by atoms with Crippen molar-refractivity contribution in [1.82, 2.24) is 9.55 Å². The van der Waals surface area contributed by atoms with E-state index < -0.39 is 0 Å². The summed E-state index contributed by atoms with van der Waals surface area (Å²) in [6, 6.07) is 22.5. The first-order chi connectivity index (χ1) is 13.5. The van der Waals surface area contributed by atoms with Crippen LogP contribution in [0.2, 0.25) is 5.02 Å². The number of para-hydroxylation sites is 2. The molecule has 142 valence electrons. The maximum atomic E-state index is 6.23. The number of nitrogens with zero attached hydrogens (tertiary/aromatic N) is 2. The molecular formula is C24H23ClN2O. The van der Waals surface area contributed by atoms with E-state index in [4.69, 9.17) is 21.3 Å². The molecule has 1 atom stereocenters. The van der Waals surface area contributed by atoms with E-state index in [2.05, 4.69) is 47.9 Å². The number of rotatable bonds is 5. The number of aryl methyl sites for hydroxylation is 2. The summed E-state index contributed by atoms with van der Waals surface area (Å²) in [6.45, 7) is 6.89. The second kappa shape index (κ2) is 7.69. The van der Waals surface area contributed by atoms with Crippen LogP contribution >= 0.6 is 11.6 Å². The molecule has 1 heterocycles. The summed E-state index contributed by atoms with van der Waals surface area (Å²) >= 11 is 6.14. The van der Waals surface area contributed by atoms with Crippen LogP contribution in [0.4, 0.5) is 0 Å². The third kappa shape index (κ3) is 3.76. The molecule has 0 aliphatic carbocycles. The molecule has 0 N–H and O–H groups in total. The lowest BCUT2D eigenvalue weighted by atomic mass is 10.1. The maximum absolute atomic E-state index is 6.23. The highest BCUT2D eigenvalue weighted by atomic mass is 35.5. The summed E-state index contributed by atoms with van der Waals surface area (Å²) in [5.41, 5.74) is 5.60. The molecule has 0 saturated heterocycles. The Morgan fingerprint density at radius 3 is 2.61 bits per heavy atom. The lowest BCUT2D eigenvalue weighted by molar-refractivity contribution is 0.212. The molecule has 0 aliphatic heterocycles. The molecule has 3 nitrogen and oxygen atoms in total. The highest BCUT2D eigenvalue weighted by molar-refractivity contribution is 6.31. The minimum atomic E-state index is -0.196. The fourth-order valence-electron chi connectivity index (χ4n) is 3.51. The molecule has 3 aromatic carbocycles. The number of halogens is 1. The highest BCUT2D eigenvalue weighted by Gasteiger charge is 2.18. The predicted molar refractivity (Wildman–Crippen MR) is 115 cm³/mol. The normalized spacial score (nSPS) is 12.3. The number of hydrogen-bond donors (Lipinski definition) is 0. The zero-order valence-electron chi connectivity index (χ0n) is 16.3. The fraction of sp³-hybridized carbons (Fsp3) is 0.208. The van der Waals surface area contributed by atoms with Crippen LogP contribution in [0.1, 0.15) is 35.5 Å². The van der Waals surface area contributed by atoms with Gasteiger partial charge in [0.1, 0.15) is 5.75 Å². The third-order valence-corrected chi connectivity index (χ3v) is 5.34. The Kier molecular flexibility index (Phi) is 5.10. The standard InChI is InChI=1S/C24H23ClN2O/c1-16-7-6-8-19(13-16)15-27-23-10-5-4-9-22(23)26-24(27)18(3)28-20-11-12-21(25)17(2)14-20/h4-14,18H,15H2,1-3H3. The van der Waals surface area contributed by atoms with Gasteiger partial charge >= 0.3 is 0 Å². The summed E-state index contributed by atoms with van der Waals surface area (Å²) in [5, 5.41) is 0.742. The van der Waals surface area contributed by atoms with Crippen molar-refractivity contribution in [2.24, 2.45) is 0 Å². The van der Waals surface area contributed by atoms with Crippen LogP contribution in [-0.2, 0) is 6.54 Å². The van der Waals surface area contributed by atoms with E-state index in [1.807, 2.05) is 44.2 Å². The number of fused-ring (bicyclic) bond motifs is 1. The number of benzene rings is 3. The second-order valence-corrected chi connectivity index (χ2v) is 7.61. The Balaban J connectivity index is 1.72. The summed E-state index contributed by atoms with van der Waals surface area (Å²) in [6.07, 6.45) is -0.196. The Labute approximate surface area is 170 Å². The van der Waals surface area contributed by atoms with Crippen LogP contribution in [0.15, 0.2) is 66.7 Å². The molecule has 4 heteroatoms. The van der Waals surface area contributed by atoms with Gasteiger partial charge in [-0.3, -0.25) is 0 Å². The Bertz CT molecular complexity index is 1130. The van der Waals surface area contributed by atoms with Crippen molar-refractivity contribution in [2.45, 2.75) is 33.4 Å². The summed E-state index contributed by atoms with van der Waals surface area (Å²) in [4.78, 5) is 4.88. The molecule has 0 spiro atoms. The van der Waals surface area contributed by atoms with Crippen molar-refractivity contribution >= 4 is 22.6 Å². The van der Waals surface area contributed by atoms with Gasteiger partial charge in [-0.2, -0.15) is 0 Å². The van der Waals surface area contributed by atoms with Gasteiger partial charge in [0.05, 0.1) is 11.0 Å². The number of ether oxygens (including phenoxy) is 1. The molecule has 1 unspecified atom stereocenters. The van der Waals surface area contributed by atoms with Crippen LogP contribution in [0.25, 0.3) is 11.0 Å². The molecule has 4 rings (SSSR count). The zero-order chi connectivity index (χ0) is 19.7. The van der Waals surface area contributed by atoms with Gasteiger partial charge in [0.15, 0.2) is 11.9 Å². The van der Waals surface area contributed by atoms with Gasteiger partial charge in [-0.15, -0.1) is 0 Å². The van der Waals surface area contributed by atoms with E-state index in [0.29, 0.717) is 0 Å². The van der Waals surface area contributed by atoms with Crippen LogP contribution in [0.5, 0.6) is 5.75 Å². The van der Waals surface area contributed by atoms with Crippen LogP contribution in [0, 0.1) is 13.8 Å². The second-order valence-electron chi connectivity index (χ2n) is 7.20. The van der Waals surface area contributed by atoms with Crippen LogP contribution < -0.4 is 4.74 Å². The summed E-state index contributed by atoms with van der Waals surface area (Å²) in [7, 11) is 0. The number of hydrogen-bond acceptors (Lipinski definition) is 2. The molecule has 28 heavy (non-hydrogen) atoms. The van der Waals surface area contributed by atoms with E-state index in [1.165, 1.54) is 11.1 Å². The van der Waals surface area contributed by atoms with Crippen molar-refractivity contribution in [3.8, 4) is 5.75 Å². The van der Waals surface area contributed by atoms with E-state index in [0.717, 1.165) is 39.7 Å². The van der Waals surface area contributed by atoms with Crippen LogP contribution in [-0.4, -0.2) is 9.55 Å². The highest BCUT2D eigenvalue weighted by Crippen LogP contribution is 2.28. The molecule has 0 bridgehead atoms. The summed E-state index contributed by atoms with van der Waals surface area (Å²) in [5.74, 6) is 1.71. The largest absolute Gasteiger partial charge is 0.483 e.